The van der Waals surface area contributed by atoms with Crippen molar-refractivity contribution in [3.8, 4) is 0 Å². The van der Waals surface area contributed by atoms with Gasteiger partial charge in [-0.15, -0.1) is 23.2 Å². The molecule has 0 saturated heterocycles. The van der Waals surface area contributed by atoms with Gasteiger partial charge in [0.25, 0.3) is 0 Å². The number of hydrogen-bond acceptors (Lipinski definition) is 2. The van der Waals surface area contributed by atoms with E-state index >= 15 is 0 Å². The van der Waals surface area contributed by atoms with E-state index in [1.165, 1.54) is 0 Å². The monoisotopic (exact) mass is 211 g/mol. The van der Waals surface area contributed by atoms with E-state index in [1.54, 1.807) is 0 Å². The summed E-state index contributed by atoms with van der Waals surface area (Å²) >= 11 is 10.3. The summed E-state index contributed by atoms with van der Waals surface area (Å²) in [6.45, 7) is 0. The van der Waals surface area contributed by atoms with E-state index in [0.29, 0.717) is 4.31 Å². The molecule has 56 valence electrons. The first kappa shape index (κ1) is 9.78. The third-order valence-electron chi connectivity index (χ3n) is 0.575. The summed E-state index contributed by atoms with van der Waals surface area (Å²) in [6.07, 6.45) is 0. The zero-order valence-corrected chi connectivity index (χ0v) is 7.30. The van der Waals surface area contributed by atoms with Gasteiger partial charge in [0.2, 0.25) is 0 Å². The Hall–Kier alpha value is 0.780. The highest BCUT2D eigenvalue weighted by Crippen LogP contribution is 2.07. The van der Waals surface area contributed by atoms with Gasteiger partial charge in [-0.2, -0.15) is 12.7 Å². The fourth-order valence-corrected chi connectivity index (χ4v) is 2.00. The van der Waals surface area contributed by atoms with Crippen molar-refractivity contribution in [3.63, 3.8) is 0 Å². The first-order valence-corrected chi connectivity index (χ1v) is 5.17. The molecular formula is C2H4Cl3NO2S. The maximum absolute atomic E-state index is 10.3. The molecule has 0 aromatic rings. The van der Waals surface area contributed by atoms with Crippen molar-refractivity contribution < 1.29 is 8.42 Å². The molecule has 0 rings (SSSR count). The molecule has 0 bridgehead atoms. The lowest BCUT2D eigenvalue weighted by Crippen LogP contribution is -2.23. The van der Waals surface area contributed by atoms with Gasteiger partial charge in [0, 0.05) is 10.7 Å². The van der Waals surface area contributed by atoms with Gasteiger partial charge in [0.15, 0.2) is 0 Å². The Bertz CT molecular complexity index is 163. The molecule has 0 aromatic heterocycles. The van der Waals surface area contributed by atoms with Gasteiger partial charge in [0.1, 0.15) is 0 Å². The molecular weight excluding hydrogens is 208 g/mol. The number of rotatable bonds is 3. The molecule has 7 heteroatoms. The topological polar surface area (TPSA) is 37.4 Å². The lowest BCUT2D eigenvalue weighted by Gasteiger charge is -2.08. The van der Waals surface area contributed by atoms with Crippen molar-refractivity contribution >= 4 is 43.1 Å². The zero-order chi connectivity index (χ0) is 7.49. The molecule has 9 heavy (non-hydrogen) atoms. The van der Waals surface area contributed by atoms with E-state index in [1.807, 2.05) is 0 Å². The zero-order valence-electron chi connectivity index (χ0n) is 4.22. The van der Waals surface area contributed by atoms with Crippen LogP contribution in [0.15, 0.2) is 0 Å². The molecule has 0 heterocycles. The predicted octanol–water partition coefficient (Wildman–Crippen LogP) is 1.16. The van der Waals surface area contributed by atoms with Gasteiger partial charge >= 0.3 is 9.24 Å². The summed E-state index contributed by atoms with van der Waals surface area (Å²) < 4.78 is 21.3. The molecule has 0 atom stereocenters. The van der Waals surface area contributed by atoms with Gasteiger partial charge in [-0.05, 0) is 0 Å². The van der Waals surface area contributed by atoms with E-state index in [0.717, 1.165) is 0 Å². The van der Waals surface area contributed by atoms with E-state index in [2.05, 4.69) is 0 Å². The van der Waals surface area contributed by atoms with Crippen molar-refractivity contribution in [1.82, 2.24) is 4.31 Å². The predicted molar refractivity (Wildman–Crippen MR) is 38.1 cm³/mol. The first-order chi connectivity index (χ1) is 4.02. The normalized spacial score (nSPS) is 12.4. The van der Waals surface area contributed by atoms with Crippen molar-refractivity contribution in [3.05, 3.63) is 0 Å². The molecule has 0 radical (unpaired) electrons. The highest BCUT2D eigenvalue weighted by molar-refractivity contribution is 8.11. The molecule has 3 nitrogen and oxygen atoms in total. The second-order valence-corrected chi connectivity index (χ2v) is 4.12. The van der Waals surface area contributed by atoms with Crippen LogP contribution >= 0.6 is 33.9 Å². The number of halogens is 3. The summed E-state index contributed by atoms with van der Waals surface area (Å²) in [6, 6.07) is -0.454. The van der Waals surface area contributed by atoms with Crippen LogP contribution in [0.5, 0.6) is 0 Å². The van der Waals surface area contributed by atoms with Crippen LogP contribution in [0.2, 0.25) is 0 Å². The lowest BCUT2D eigenvalue weighted by molar-refractivity contribution is 0.516. The maximum Gasteiger partial charge on any atom is 0.301 e. The quantitative estimate of drug-likeness (QED) is 0.400. The van der Waals surface area contributed by atoms with Gasteiger partial charge < -0.3 is 0 Å². The molecule has 0 aliphatic rings. The molecule has 0 aliphatic carbocycles. The third kappa shape index (κ3) is 3.47. The standard InChI is InChI=1S/C2H4Cl3NO2S/c3-1-6(2-4)9(5,7)8/h1-2H2. The van der Waals surface area contributed by atoms with E-state index in [4.69, 9.17) is 33.9 Å². The van der Waals surface area contributed by atoms with Crippen LogP contribution < -0.4 is 0 Å². The van der Waals surface area contributed by atoms with E-state index < -0.39 is 9.24 Å². The van der Waals surface area contributed by atoms with Crippen molar-refractivity contribution in [2.24, 2.45) is 0 Å². The Morgan fingerprint density at radius 2 is 1.56 bits per heavy atom. The average Bonchev–Trinajstić information content (AvgIpc) is 1.65. The van der Waals surface area contributed by atoms with Crippen LogP contribution in [0, 0.1) is 0 Å². The summed E-state index contributed by atoms with van der Waals surface area (Å²) in [5.74, 6) is 0. The molecule has 0 amide bonds. The van der Waals surface area contributed by atoms with Gasteiger partial charge in [-0.3, -0.25) is 0 Å². The highest BCUT2D eigenvalue weighted by Gasteiger charge is 2.15. The maximum atomic E-state index is 10.3. The summed E-state index contributed by atoms with van der Waals surface area (Å²) in [4.78, 5) is 0. The molecule has 0 aliphatic heterocycles. The van der Waals surface area contributed by atoms with Crippen LogP contribution in [0.1, 0.15) is 0 Å². The Balaban J connectivity index is 4.14. The van der Waals surface area contributed by atoms with Gasteiger partial charge in [-0.1, -0.05) is 0 Å². The Kier molecular flexibility index (Phi) is 4.16. The third-order valence-corrected chi connectivity index (χ3v) is 2.90. The molecule has 0 unspecified atom stereocenters. The second-order valence-electron chi connectivity index (χ2n) is 1.13. The summed E-state index contributed by atoms with van der Waals surface area (Å²) in [5.41, 5.74) is 0. The number of nitrogens with zero attached hydrogens (tertiary/aromatic N) is 1. The molecule has 0 spiro atoms. The van der Waals surface area contributed by atoms with Gasteiger partial charge in [0.05, 0.1) is 12.0 Å². The van der Waals surface area contributed by atoms with Gasteiger partial charge in [-0.25, -0.2) is 0 Å². The lowest BCUT2D eigenvalue weighted by atomic mass is 11.2. The van der Waals surface area contributed by atoms with Crippen LogP contribution in [-0.2, 0) is 9.24 Å². The molecule has 0 saturated carbocycles. The number of alkyl halides is 2. The summed E-state index contributed by atoms with van der Waals surface area (Å²) in [5, 5.41) is 0. The highest BCUT2D eigenvalue weighted by atomic mass is 35.7. The minimum absolute atomic E-state index is 0.227. The molecule has 0 fully saturated rings. The Morgan fingerprint density at radius 1 is 1.22 bits per heavy atom. The Labute approximate surface area is 68.0 Å². The largest absolute Gasteiger partial charge is 0.301 e. The van der Waals surface area contributed by atoms with Crippen LogP contribution in [0.3, 0.4) is 0 Å². The Morgan fingerprint density at radius 3 is 1.56 bits per heavy atom. The molecule has 0 N–H and O–H groups in total. The van der Waals surface area contributed by atoms with E-state index in [-0.39, 0.29) is 12.0 Å². The fraction of sp³-hybridized carbons (Fsp3) is 1.00. The van der Waals surface area contributed by atoms with E-state index in [9.17, 15) is 8.42 Å². The smallest absolute Gasteiger partial charge is 0.195 e. The summed E-state index contributed by atoms with van der Waals surface area (Å²) in [7, 11) is 1.11. The SMILES string of the molecule is O=S(=O)(Cl)N(CCl)CCl. The fourth-order valence-electron chi connectivity index (χ4n) is 0.149. The van der Waals surface area contributed by atoms with Crippen LogP contribution in [-0.4, -0.2) is 24.7 Å². The molecule has 0 aromatic carbocycles. The second kappa shape index (κ2) is 3.83. The van der Waals surface area contributed by atoms with Crippen LogP contribution in [0.25, 0.3) is 0 Å². The van der Waals surface area contributed by atoms with Crippen LogP contribution in [0.4, 0.5) is 0 Å². The van der Waals surface area contributed by atoms with Crippen molar-refractivity contribution in [2.75, 3.05) is 12.0 Å². The minimum atomic E-state index is -3.72. The van der Waals surface area contributed by atoms with Crippen molar-refractivity contribution in [1.29, 1.82) is 0 Å². The number of hydrogen-bond donors (Lipinski definition) is 0. The first-order valence-electron chi connectivity index (χ1n) is 1.84. The van der Waals surface area contributed by atoms with Crippen molar-refractivity contribution in [2.45, 2.75) is 0 Å². The minimum Gasteiger partial charge on any atom is -0.195 e. The average molecular weight is 212 g/mol.